The third kappa shape index (κ3) is 0.926. The average Bonchev–Trinajstić information content (AvgIpc) is 3.00. The number of hydrogen-bond acceptors (Lipinski definition) is 4. The Morgan fingerprint density at radius 1 is 1.50 bits per heavy atom. The van der Waals surface area contributed by atoms with Gasteiger partial charge in [0, 0.05) is 5.41 Å². The van der Waals surface area contributed by atoms with E-state index < -0.39 is 5.60 Å². The van der Waals surface area contributed by atoms with Crippen molar-refractivity contribution < 1.29 is 19.0 Å². The molecule has 4 nitrogen and oxygen atoms in total. The highest BCUT2D eigenvalue weighted by Crippen LogP contribution is 2.69. The minimum atomic E-state index is -0.625. The van der Waals surface area contributed by atoms with Gasteiger partial charge in [-0.25, -0.2) is 0 Å². The van der Waals surface area contributed by atoms with E-state index in [9.17, 15) is 4.79 Å². The Morgan fingerprint density at radius 3 is 3.17 bits per heavy atom. The first-order chi connectivity index (χ1) is 8.79. The Labute approximate surface area is 106 Å². The normalized spacial score (nSPS) is 52.7. The Bertz CT molecular complexity index is 432. The van der Waals surface area contributed by atoms with Crippen LogP contribution in [0.4, 0.5) is 0 Å². The fourth-order valence-corrected chi connectivity index (χ4v) is 5.01. The van der Waals surface area contributed by atoms with Crippen LogP contribution in [-0.2, 0) is 19.0 Å². The maximum absolute atomic E-state index is 11.6. The van der Waals surface area contributed by atoms with Crippen molar-refractivity contribution in [2.45, 2.75) is 31.0 Å². The molecule has 1 spiro atoms. The zero-order valence-corrected chi connectivity index (χ0v) is 10.6. The molecule has 5 atom stereocenters. The number of methoxy groups -OCH3 is 1. The Morgan fingerprint density at radius 2 is 2.39 bits per heavy atom. The van der Waals surface area contributed by atoms with Gasteiger partial charge < -0.3 is 19.0 Å². The van der Waals surface area contributed by atoms with Crippen LogP contribution in [-0.4, -0.2) is 38.3 Å². The van der Waals surface area contributed by atoms with Gasteiger partial charge in [-0.05, 0) is 24.8 Å². The summed E-state index contributed by atoms with van der Waals surface area (Å²) in [6, 6.07) is 0. The van der Waals surface area contributed by atoms with Gasteiger partial charge in [-0.15, -0.1) is 0 Å². The van der Waals surface area contributed by atoms with Crippen molar-refractivity contribution in [2.75, 3.05) is 20.3 Å². The van der Waals surface area contributed by atoms with Crippen molar-refractivity contribution in [1.29, 1.82) is 0 Å². The van der Waals surface area contributed by atoms with E-state index in [0.717, 1.165) is 24.9 Å². The summed E-state index contributed by atoms with van der Waals surface area (Å²) in [7, 11) is 1.67. The maximum Gasteiger partial charge on any atom is 0.161 e. The van der Waals surface area contributed by atoms with Crippen LogP contribution >= 0.6 is 0 Å². The first kappa shape index (κ1) is 11.0. The van der Waals surface area contributed by atoms with Crippen molar-refractivity contribution in [2.24, 2.45) is 17.3 Å². The van der Waals surface area contributed by atoms with E-state index in [1.54, 1.807) is 7.11 Å². The Hall–Kier alpha value is -0.870. The van der Waals surface area contributed by atoms with Crippen LogP contribution in [0.3, 0.4) is 0 Å². The molecule has 98 valence electrons. The SMILES string of the molecule is COC1=C[C@]23CCC[C@@H]2[C@@H](C=O)[C@]12OCCO[C@H]32. The Kier molecular flexibility index (Phi) is 2.06. The van der Waals surface area contributed by atoms with E-state index in [2.05, 4.69) is 6.08 Å². The van der Waals surface area contributed by atoms with E-state index >= 15 is 0 Å². The predicted molar refractivity (Wildman–Crippen MR) is 62.8 cm³/mol. The summed E-state index contributed by atoms with van der Waals surface area (Å²) < 4.78 is 17.6. The van der Waals surface area contributed by atoms with Gasteiger partial charge >= 0.3 is 0 Å². The standard InChI is InChI=1S/C14H18O4/c1-16-11-7-13-4-2-3-9(13)10(8-15)14(11)12(13)17-5-6-18-14/h7-10,12H,2-6H2,1H3/t9-,10-,12-,13-,14+/m1/s1. The monoisotopic (exact) mass is 250 g/mol. The molecule has 0 aromatic heterocycles. The molecule has 0 radical (unpaired) electrons. The van der Waals surface area contributed by atoms with Crippen LogP contribution in [0, 0.1) is 17.3 Å². The Balaban J connectivity index is 1.92. The van der Waals surface area contributed by atoms with Gasteiger partial charge in [0.1, 0.15) is 18.1 Å². The van der Waals surface area contributed by atoms with Crippen molar-refractivity contribution in [1.82, 2.24) is 0 Å². The number of hydrogen-bond donors (Lipinski definition) is 0. The zero-order valence-electron chi connectivity index (χ0n) is 10.6. The molecule has 3 fully saturated rings. The fourth-order valence-electron chi connectivity index (χ4n) is 5.01. The van der Waals surface area contributed by atoms with Crippen LogP contribution in [0.5, 0.6) is 0 Å². The summed E-state index contributed by atoms with van der Waals surface area (Å²) in [5.74, 6) is 1.09. The number of carbonyl (C=O) groups excluding carboxylic acids is 1. The van der Waals surface area contributed by atoms with Crippen LogP contribution in [0.15, 0.2) is 11.8 Å². The molecule has 2 bridgehead atoms. The number of aldehydes is 1. The highest BCUT2D eigenvalue weighted by Gasteiger charge is 2.76. The molecule has 0 aromatic rings. The van der Waals surface area contributed by atoms with Crippen LogP contribution in [0.1, 0.15) is 19.3 Å². The van der Waals surface area contributed by atoms with E-state index in [4.69, 9.17) is 14.2 Å². The molecule has 4 rings (SSSR count). The van der Waals surface area contributed by atoms with Gasteiger partial charge in [0.2, 0.25) is 0 Å². The minimum absolute atomic E-state index is 0.0165. The third-order valence-electron chi connectivity index (χ3n) is 5.48. The van der Waals surface area contributed by atoms with Gasteiger partial charge in [0.15, 0.2) is 5.60 Å². The molecule has 1 aliphatic heterocycles. The average molecular weight is 250 g/mol. The highest BCUT2D eigenvalue weighted by atomic mass is 16.6. The molecular formula is C14H18O4. The molecule has 0 amide bonds. The maximum atomic E-state index is 11.6. The molecule has 1 heterocycles. The lowest BCUT2D eigenvalue weighted by molar-refractivity contribution is -0.204. The molecule has 0 unspecified atom stereocenters. The van der Waals surface area contributed by atoms with Gasteiger partial charge in [0.25, 0.3) is 0 Å². The quantitative estimate of drug-likeness (QED) is 0.693. The van der Waals surface area contributed by atoms with Crippen LogP contribution in [0.25, 0.3) is 0 Å². The van der Waals surface area contributed by atoms with Crippen molar-refractivity contribution in [3.05, 3.63) is 11.8 Å². The van der Waals surface area contributed by atoms with E-state index in [-0.39, 0.29) is 17.4 Å². The molecule has 2 saturated carbocycles. The molecule has 1 saturated heterocycles. The molecule has 4 aliphatic rings. The molecule has 3 aliphatic carbocycles. The molecule has 4 heteroatoms. The molecule has 18 heavy (non-hydrogen) atoms. The summed E-state index contributed by atoms with van der Waals surface area (Å²) in [5, 5.41) is 0. The zero-order chi connectivity index (χ0) is 12.4. The highest BCUT2D eigenvalue weighted by molar-refractivity contribution is 5.64. The van der Waals surface area contributed by atoms with Crippen molar-refractivity contribution in [3.63, 3.8) is 0 Å². The third-order valence-corrected chi connectivity index (χ3v) is 5.48. The predicted octanol–water partition coefficient (Wildman–Crippen LogP) is 1.30. The summed E-state index contributed by atoms with van der Waals surface area (Å²) in [6.07, 6.45) is 6.62. The largest absolute Gasteiger partial charge is 0.498 e. The fraction of sp³-hybridized carbons (Fsp3) is 0.786. The van der Waals surface area contributed by atoms with E-state index in [0.29, 0.717) is 19.1 Å². The smallest absolute Gasteiger partial charge is 0.161 e. The minimum Gasteiger partial charge on any atom is -0.498 e. The second-order valence-electron chi connectivity index (χ2n) is 5.88. The topological polar surface area (TPSA) is 44.8 Å². The first-order valence-electron chi connectivity index (χ1n) is 6.78. The van der Waals surface area contributed by atoms with Crippen molar-refractivity contribution >= 4 is 6.29 Å². The number of carbonyl (C=O) groups is 1. The second kappa shape index (κ2) is 3.36. The molecule has 0 aromatic carbocycles. The lowest BCUT2D eigenvalue weighted by atomic mass is 9.75. The molecule has 0 N–H and O–H groups in total. The van der Waals surface area contributed by atoms with Crippen molar-refractivity contribution in [3.8, 4) is 0 Å². The van der Waals surface area contributed by atoms with Crippen LogP contribution in [0.2, 0.25) is 0 Å². The lowest BCUT2D eigenvalue weighted by Crippen LogP contribution is -2.53. The van der Waals surface area contributed by atoms with E-state index in [1.807, 2.05) is 0 Å². The van der Waals surface area contributed by atoms with Crippen LogP contribution < -0.4 is 0 Å². The van der Waals surface area contributed by atoms with Gasteiger partial charge in [-0.2, -0.15) is 0 Å². The second-order valence-corrected chi connectivity index (χ2v) is 5.88. The summed E-state index contributed by atoms with van der Waals surface area (Å²) in [5.41, 5.74) is -0.642. The summed E-state index contributed by atoms with van der Waals surface area (Å²) >= 11 is 0. The van der Waals surface area contributed by atoms with E-state index in [1.165, 1.54) is 6.42 Å². The van der Waals surface area contributed by atoms with Gasteiger partial charge in [0.05, 0.1) is 26.2 Å². The summed E-state index contributed by atoms with van der Waals surface area (Å²) in [6.45, 7) is 1.17. The van der Waals surface area contributed by atoms with Gasteiger partial charge in [-0.1, -0.05) is 6.42 Å². The number of ether oxygens (including phenoxy) is 3. The summed E-state index contributed by atoms with van der Waals surface area (Å²) in [4.78, 5) is 11.6. The number of rotatable bonds is 2. The lowest BCUT2D eigenvalue weighted by Gasteiger charge is -2.41. The van der Waals surface area contributed by atoms with Gasteiger partial charge in [-0.3, -0.25) is 0 Å². The molecular weight excluding hydrogens is 232 g/mol. The first-order valence-corrected chi connectivity index (χ1v) is 6.78.